The maximum atomic E-state index is 8.89. The van der Waals surface area contributed by atoms with E-state index >= 15 is 0 Å². The Kier molecular flexibility index (Phi) is 5.17. The summed E-state index contributed by atoms with van der Waals surface area (Å²) < 4.78 is 5.75. The van der Waals surface area contributed by atoms with E-state index in [2.05, 4.69) is 27.2 Å². The molecule has 0 radical (unpaired) electrons. The number of benzene rings is 1. The van der Waals surface area contributed by atoms with Crippen molar-refractivity contribution in [2.45, 2.75) is 18.8 Å². The second kappa shape index (κ2) is 7.70. The molecule has 3 rings (SSSR count). The summed E-state index contributed by atoms with van der Waals surface area (Å²) in [5, 5.41) is 16.7. The van der Waals surface area contributed by atoms with Crippen LogP contribution in [0.3, 0.4) is 0 Å². The zero-order chi connectivity index (χ0) is 15.9. The SMILES string of the molecule is N#Cc1cccc(OCCN2CCC(c3ccnnc3)CC2)c1. The van der Waals surface area contributed by atoms with Gasteiger partial charge in [0.25, 0.3) is 0 Å². The summed E-state index contributed by atoms with van der Waals surface area (Å²) >= 11 is 0. The molecule has 0 spiro atoms. The lowest BCUT2D eigenvalue weighted by molar-refractivity contribution is 0.173. The highest BCUT2D eigenvalue weighted by Gasteiger charge is 2.20. The molecule has 5 nitrogen and oxygen atoms in total. The normalized spacial score (nSPS) is 16.0. The van der Waals surface area contributed by atoms with Gasteiger partial charge in [0, 0.05) is 12.7 Å². The van der Waals surface area contributed by atoms with Crippen LogP contribution < -0.4 is 4.74 Å². The van der Waals surface area contributed by atoms with Crippen molar-refractivity contribution in [1.29, 1.82) is 5.26 Å². The molecule has 118 valence electrons. The number of likely N-dealkylation sites (tertiary alicyclic amines) is 1. The van der Waals surface area contributed by atoms with Crippen molar-refractivity contribution < 1.29 is 4.74 Å². The van der Waals surface area contributed by atoms with Crippen LogP contribution in [0.15, 0.2) is 42.7 Å². The molecular formula is C18H20N4O. The average Bonchev–Trinajstić information content (AvgIpc) is 2.63. The predicted octanol–water partition coefficient (Wildman–Crippen LogP) is 2.61. The Balaban J connectivity index is 1.42. The minimum atomic E-state index is 0.593. The largest absolute Gasteiger partial charge is 0.492 e. The molecule has 5 heteroatoms. The van der Waals surface area contributed by atoms with Gasteiger partial charge in [-0.05, 0) is 61.7 Å². The van der Waals surface area contributed by atoms with Crippen LogP contribution in [0.5, 0.6) is 5.75 Å². The molecule has 0 amide bonds. The van der Waals surface area contributed by atoms with Crippen LogP contribution in [0.25, 0.3) is 0 Å². The molecule has 1 aliphatic rings. The maximum Gasteiger partial charge on any atom is 0.120 e. The van der Waals surface area contributed by atoms with Crippen molar-refractivity contribution in [2.24, 2.45) is 0 Å². The van der Waals surface area contributed by atoms with Crippen molar-refractivity contribution >= 4 is 0 Å². The standard InChI is InChI=1S/C18H20N4O/c19-13-15-2-1-3-18(12-15)23-11-10-22-8-5-16(6-9-22)17-4-7-20-21-14-17/h1-4,7,12,14,16H,5-6,8-11H2. The summed E-state index contributed by atoms with van der Waals surface area (Å²) in [6, 6.07) is 11.5. The number of hydrogen-bond donors (Lipinski definition) is 0. The highest BCUT2D eigenvalue weighted by atomic mass is 16.5. The number of hydrogen-bond acceptors (Lipinski definition) is 5. The van der Waals surface area contributed by atoms with Crippen LogP contribution in [-0.4, -0.2) is 41.3 Å². The molecule has 2 heterocycles. The van der Waals surface area contributed by atoms with Crippen LogP contribution in [0, 0.1) is 11.3 Å². The topological polar surface area (TPSA) is 62.0 Å². The molecule has 23 heavy (non-hydrogen) atoms. The number of aromatic nitrogens is 2. The lowest BCUT2D eigenvalue weighted by atomic mass is 9.91. The van der Waals surface area contributed by atoms with Crippen molar-refractivity contribution in [3.05, 3.63) is 53.9 Å². The molecule has 1 aliphatic heterocycles. The van der Waals surface area contributed by atoms with Crippen molar-refractivity contribution in [2.75, 3.05) is 26.2 Å². The quantitative estimate of drug-likeness (QED) is 0.849. The molecular weight excluding hydrogens is 288 g/mol. The molecule has 0 saturated carbocycles. The average molecular weight is 308 g/mol. The molecule has 0 N–H and O–H groups in total. The van der Waals surface area contributed by atoms with Crippen LogP contribution in [0.1, 0.15) is 29.9 Å². The van der Waals surface area contributed by atoms with Gasteiger partial charge in [-0.2, -0.15) is 15.5 Å². The van der Waals surface area contributed by atoms with E-state index in [0.29, 0.717) is 18.1 Å². The molecule has 1 fully saturated rings. The molecule has 0 unspecified atom stereocenters. The van der Waals surface area contributed by atoms with Gasteiger partial charge in [0.05, 0.1) is 17.8 Å². The number of nitrogens with zero attached hydrogens (tertiary/aromatic N) is 4. The third kappa shape index (κ3) is 4.27. The van der Waals surface area contributed by atoms with Gasteiger partial charge in [0.15, 0.2) is 0 Å². The van der Waals surface area contributed by atoms with Gasteiger partial charge in [-0.15, -0.1) is 0 Å². The number of ether oxygens (including phenoxy) is 1. The van der Waals surface area contributed by atoms with E-state index in [-0.39, 0.29) is 0 Å². The van der Waals surface area contributed by atoms with E-state index in [1.54, 1.807) is 18.3 Å². The fourth-order valence-corrected chi connectivity index (χ4v) is 2.98. The van der Waals surface area contributed by atoms with Crippen LogP contribution in [-0.2, 0) is 0 Å². The van der Waals surface area contributed by atoms with E-state index < -0.39 is 0 Å². The second-order valence-electron chi connectivity index (χ2n) is 5.78. The van der Waals surface area contributed by atoms with Gasteiger partial charge < -0.3 is 4.74 Å². The summed E-state index contributed by atoms with van der Waals surface area (Å²) in [7, 11) is 0. The lowest BCUT2D eigenvalue weighted by Crippen LogP contribution is -2.35. The molecule has 1 saturated heterocycles. The van der Waals surface area contributed by atoms with Gasteiger partial charge >= 0.3 is 0 Å². The molecule has 1 aromatic heterocycles. The van der Waals surface area contributed by atoms with Gasteiger partial charge in [-0.3, -0.25) is 4.90 Å². The zero-order valence-electron chi connectivity index (χ0n) is 13.1. The lowest BCUT2D eigenvalue weighted by Gasteiger charge is -2.31. The van der Waals surface area contributed by atoms with Crippen LogP contribution in [0.4, 0.5) is 0 Å². The number of piperidine rings is 1. The minimum Gasteiger partial charge on any atom is -0.492 e. The van der Waals surface area contributed by atoms with Crippen LogP contribution >= 0.6 is 0 Å². The van der Waals surface area contributed by atoms with E-state index in [1.807, 2.05) is 18.3 Å². The Morgan fingerprint density at radius 2 is 2.09 bits per heavy atom. The summed E-state index contributed by atoms with van der Waals surface area (Å²) in [6.45, 7) is 3.72. The Bertz CT molecular complexity index is 660. The van der Waals surface area contributed by atoms with Crippen LogP contribution in [0.2, 0.25) is 0 Å². The van der Waals surface area contributed by atoms with Crippen molar-refractivity contribution in [3.63, 3.8) is 0 Å². The highest BCUT2D eigenvalue weighted by Crippen LogP contribution is 2.26. The second-order valence-corrected chi connectivity index (χ2v) is 5.78. The molecule has 1 aromatic carbocycles. The first-order chi connectivity index (χ1) is 11.3. The minimum absolute atomic E-state index is 0.593. The molecule has 2 aromatic rings. The van der Waals surface area contributed by atoms with E-state index in [4.69, 9.17) is 10.00 Å². The van der Waals surface area contributed by atoms with Gasteiger partial charge in [0.2, 0.25) is 0 Å². The van der Waals surface area contributed by atoms with Gasteiger partial charge in [0.1, 0.15) is 12.4 Å². The number of nitriles is 1. The first-order valence-electron chi connectivity index (χ1n) is 7.97. The van der Waals surface area contributed by atoms with E-state index in [0.717, 1.165) is 38.2 Å². The van der Waals surface area contributed by atoms with Gasteiger partial charge in [-0.25, -0.2) is 0 Å². The fraction of sp³-hybridized carbons (Fsp3) is 0.389. The summed E-state index contributed by atoms with van der Waals surface area (Å²) in [5.74, 6) is 1.36. The maximum absolute atomic E-state index is 8.89. The molecule has 0 atom stereocenters. The summed E-state index contributed by atoms with van der Waals surface area (Å²) in [6.07, 6.45) is 5.95. The predicted molar refractivity (Wildman–Crippen MR) is 87.1 cm³/mol. The first kappa shape index (κ1) is 15.4. The Morgan fingerprint density at radius 3 is 2.83 bits per heavy atom. The van der Waals surface area contributed by atoms with E-state index in [1.165, 1.54) is 5.56 Å². The molecule has 0 aliphatic carbocycles. The molecule has 0 bridgehead atoms. The highest BCUT2D eigenvalue weighted by molar-refractivity contribution is 5.36. The first-order valence-corrected chi connectivity index (χ1v) is 7.97. The monoisotopic (exact) mass is 308 g/mol. The third-order valence-corrected chi connectivity index (χ3v) is 4.31. The van der Waals surface area contributed by atoms with E-state index in [9.17, 15) is 0 Å². The Labute approximate surface area is 136 Å². The summed E-state index contributed by atoms with van der Waals surface area (Å²) in [5.41, 5.74) is 1.93. The zero-order valence-corrected chi connectivity index (χ0v) is 13.1. The number of rotatable bonds is 5. The smallest absolute Gasteiger partial charge is 0.120 e. The van der Waals surface area contributed by atoms with Gasteiger partial charge in [-0.1, -0.05) is 6.07 Å². The third-order valence-electron chi connectivity index (χ3n) is 4.31. The Morgan fingerprint density at radius 1 is 1.22 bits per heavy atom. The summed E-state index contributed by atoms with van der Waals surface area (Å²) in [4.78, 5) is 2.43. The Hall–Kier alpha value is -2.45. The fourth-order valence-electron chi connectivity index (χ4n) is 2.98. The van der Waals surface area contributed by atoms with Crippen molar-refractivity contribution in [1.82, 2.24) is 15.1 Å². The van der Waals surface area contributed by atoms with Crippen molar-refractivity contribution in [3.8, 4) is 11.8 Å².